The number of azo groups is 1. The Hall–Kier alpha value is -2.96. The molecule has 0 amide bonds. The van der Waals surface area contributed by atoms with Gasteiger partial charge >= 0.3 is 0 Å². The molecule has 0 atom stereocenters. The zero-order chi connectivity index (χ0) is 21.5. The van der Waals surface area contributed by atoms with Crippen LogP contribution >= 0.6 is 0 Å². The lowest BCUT2D eigenvalue weighted by molar-refractivity contribution is 0.122. The molecule has 0 saturated carbocycles. The molecular formula is C16H9F8N3O2. The molecule has 0 aliphatic carbocycles. The van der Waals surface area contributed by atoms with Gasteiger partial charge in [-0.3, -0.25) is 0 Å². The summed E-state index contributed by atoms with van der Waals surface area (Å²) in [5.41, 5.74) is -4.23. The molecule has 2 aromatic carbocycles. The van der Waals surface area contributed by atoms with Crippen molar-refractivity contribution in [1.29, 1.82) is 0 Å². The molecule has 29 heavy (non-hydrogen) atoms. The van der Waals surface area contributed by atoms with E-state index in [4.69, 9.17) is 4.74 Å². The summed E-state index contributed by atoms with van der Waals surface area (Å²) in [6.45, 7) is 0.0110. The van der Waals surface area contributed by atoms with Crippen molar-refractivity contribution in [3.63, 3.8) is 0 Å². The van der Waals surface area contributed by atoms with Gasteiger partial charge in [-0.1, -0.05) is 0 Å². The van der Waals surface area contributed by atoms with E-state index in [0.29, 0.717) is 0 Å². The van der Waals surface area contributed by atoms with Crippen LogP contribution in [-0.4, -0.2) is 31.4 Å². The fourth-order valence-corrected chi connectivity index (χ4v) is 2.56. The molecule has 5 nitrogen and oxygen atoms in total. The number of morpholine rings is 1. The number of aromatic hydroxyl groups is 1. The first-order valence-corrected chi connectivity index (χ1v) is 7.82. The summed E-state index contributed by atoms with van der Waals surface area (Å²) in [6.07, 6.45) is 0. The van der Waals surface area contributed by atoms with Crippen molar-refractivity contribution in [2.45, 2.75) is 0 Å². The van der Waals surface area contributed by atoms with Crippen molar-refractivity contribution < 1.29 is 45.0 Å². The van der Waals surface area contributed by atoms with E-state index in [-0.39, 0.29) is 26.3 Å². The van der Waals surface area contributed by atoms with Crippen LogP contribution < -0.4 is 4.90 Å². The highest BCUT2D eigenvalue weighted by molar-refractivity contribution is 5.64. The van der Waals surface area contributed by atoms with Crippen LogP contribution in [0, 0.1) is 46.5 Å². The van der Waals surface area contributed by atoms with E-state index in [2.05, 4.69) is 10.2 Å². The van der Waals surface area contributed by atoms with E-state index in [0.717, 1.165) is 4.90 Å². The lowest BCUT2D eigenvalue weighted by atomic mass is 10.2. The number of phenols is 1. The van der Waals surface area contributed by atoms with Gasteiger partial charge in [0.1, 0.15) is 5.69 Å². The maximum atomic E-state index is 14.7. The van der Waals surface area contributed by atoms with Crippen LogP contribution in [0.25, 0.3) is 0 Å². The first-order valence-electron chi connectivity index (χ1n) is 7.82. The van der Waals surface area contributed by atoms with Crippen molar-refractivity contribution in [3.8, 4) is 5.75 Å². The molecule has 1 aliphatic rings. The van der Waals surface area contributed by atoms with Gasteiger partial charge < -0.3 is 14.7 Å². The normalized spacial score (nSPS) is 14.8. The molecule has 1 aliphatic heterocycles. The molecule has 0 bridgehead atoms. The van der Waals surface area contributed by atoms with Gasteiger partial charge in [0.05, 0.1) is 13.2 Å². The number of hydrogen-bond acceptors (Lipinski definition) is 5. The van der Waals surface area contributed by atoms with Crippen LogP contribution in [0.4, 0.5) is 52.2 Å². The first kappa shape index (κ1) is 20.8. The van der Waals surface area contributed by atoms with Crippen LogP contribution in [-0.2, 0) is 4.74 Å². The lowest BCUT2D eigenvalue weighted by Gasteiger charge is -2.29. The lowest BCUT2D eigenvalue weighted by Crippen LogP contribution is -2.37. The second kappa shape index (κ2) is 7.81. The quantitative estimate of drug-likeness (QED) is 0.333. The Morgan fingerprint density at radius 2 is 1.07 bits per heavy atom. The van der Waals surface area contributed by atoms with Crippen molar-refractivity contribution >= 4 is 17.1 Å². The summed E-state index contributed by atoms with van der Waals surface area (Å²) in [5, 5.41) is 15.1. The third-order valence-corrected chi connectivity index (χ3v) is 4.01. The van der Waals surface area contributed by atoms with Gasteiger partial charge in [0.2, 0.25) is 5.82 Å². The third kappa shape index (κ3) is 3.45. The Labute approximate surface area is 156 Å². The van der Waals surface area contributed by atoms with E-state index < -0.39 is 69.3 Å². The van der Waals surface area contributed by atoms with Gasteiger partial charge in [-0.2, -0.15) is 0 Å². The first-order chi connectivity index (χ1) is 13.7. The van der Waals surface area contributed by atoms with Crippen molar-refractivity contribution in [3.05, 3.63) is 46.5 Å². The fourth-order valence-electron chi connectivity index (χ4n) is 2.56. The van der Waals surface area contributed by atoms with Crippen LogP contribution in [0.5, 0.6) is 5.75 Å². The van der Waals surface area contributed by atoms with Crippen LogP contribution in [0.1, 0.15) is 0 Å². The number of halogens is 8. The Morgan fingerprint density at radius 3 is 1.59 bits per heavy atom. The monoisotopic (exact) mass is 427 g/mol. The molecular weight excluding hydrogens is 418 g/mol. The van der Waals surface area contributed by atoms with Gasteiger partial charge in [-0.15, -0.1) is 10.2 Å². The predicted octanol–water partition coefficient (Wildman–Crippen LogP) is 4.76. The SMILES string of the molecule is Oc1c(F)c(N=Nc2c(F)c(F)c(F)c(F)c2F)c(F)c(N2CCOCC2)c1F. The summed E-state index contributed by atoms with van der Waals surface area (Å²) < 4.78 is 115. The molecule has 3 rings (SSSR count). The molecule has 2 aromatic rings. The van der Waals surface area contributed by atoms with E-state index in [1.807, 2.05) is 0 Å². The summed E-state index contributed by atoms with van der Waals surface area (Å²) in [4.78, 5) is 1.05. The Kier molecular flexibility index (Phi) is 5.59. The summed E-state index contributed by atoms with van der Waals surface area (Å²) >= 11 is 0. The summed E-state index contributed by atoms with van der Waals surface area (Å²) in [7, 11) is 0. The zero-order valence-electron chi connectivity index (χ0n) is 14.0. The average molecular weight is 427 g/mol. The predicted molar refractivity (Wildman–Crippen MR) is 81.4 cm³/mol. The Balaban J connectivity index is 2.14. The van der Waals surface area contributed by atoms with Crippen molar-refractivity contribution in [2.75, 3.05) is 31.2 Å². The van der Waals surface area contributed by atoms with Crippen LogP contribution in [0.2, 0.25) is 0 Å². The molecule has 0 spiro atoms. The topological polar surface area (TPSA) is 57.4 Å². The molecule has 0 radical (unpaired) electrons. The molecule has 1 fully saturated rings. The Bertz CT molecular complexity index is 980. The van der Waals surface area contributed by atoms with E-state index in [1.165, 1.54) is 0 Å². The smallest absolute Gasteiger partial charge is 0.200 e. The minimum absolute atomic E-state index is 0.0485. The standard InChI is InChI=1S/C16H9F8N3O2/c17-5-6(18)8(20)13(9(21)7(5)19)25-26-14-10(22)15(12(24)16(28)11(14)23)27-1-3-29-4-2-27/h28H,1-4H2. The van der Waals surface area contributed by atoms with Gasteiger partial charge in [-0.05, 0) is 0 Å². The van der Waals surface area contributed by atoms with Crippen LogP contribution in [0.3, 0.4) is 0 Å². The van der Waals surface area contributed by atoms with Gasteiger partial charge in [0, 0.05) is 13.1 Å². The molecule has 0 aromatic heterocycles. The van der Waals surface area contributed by atoms with Crippen LogP contribution in [0.15, 0.2) is 10.2 Å². The molecule has 156 valence electrons. The number of hydrogen-bond donors (Lipinski definition) is 1. The molecule has 13 heteroatoms. The maximum absolute atomic E-state index is 14.7. The summed E-state index contributed by atoms with van der Waals surface area (Å²) in [5.74, 6) is -19.0. The minimum Gasteiger partial charge on any atom is -0.503 e. The van der Waals surface area contributed by atoms with E-state index in [9.17, 15) is 40.2 Å². The molecule has 1 N–H and O–H groups in total. The van der Waals surface area contributed by atoms with Gasteiger partial charge in [0.15, 0.2) is 57.8 Å². The van der Waals surface area contributed by atoms with E-state index in [1.54, 1.807) is 0 Å². The number of ether oxygens (including phenoxy) is 1. The second-order valence-corrected chi connectivity index (χ2v) is 5.71. The van der Waals surface area contributed by atoms with Crippen molar-refractivity contribution in [2.24, 2.45) is 10.2 Å². The largest absolute Gasteiger partial charge is 0.503 e. The molecule has 1 saturated heterocycles. The third-order valence-electron chi connectivity index (χ3n) is 4.01. The summed E-state index contributed by atoms with van der Waals surface area (Å²) in [6, 6.07) is 0. The minimum atomic E-state index is -2.47. The zero-order valence-corrected chi connectivity index (χ0v) is 14.0. The maximum Gasteiger partial charge on any atom is 0.200 e. The van der Waals surface area contributed by atoms with E-state index >= 15 is 0 Å². The highest BCUT2D eigenvalue weighted by Gasteiger charge is 2.30. The average Bonchev–Trinajstić information content (AvgIpc) is 2.72. The number of rotatable bonds is 3. The number of benzene rings is 2. The number of phenolic OH excluding ortho intramolecular Hbond substituents is 1. The molecule has 0 unspecified atom stereocenters. The van der Waals surface area contributed by atoms with Gasteiger partial charge in [0.25, 0.3) is 0 Å². The van der Waals surface area contributed by atoms with Crippen molar-refractivity contribution in [1.82, 2.24) is 0 Å². The number of anilines is 1. The molecule has 1 heterocycles. The Morgan fingerprint density at radius 1 is 0.621 bits per heavy atom. The van der Waals surface area contributed by atoms with Gasteiger partial charge in [-0.25, -0.2) is 35.1 Å². The highest BCUT2D eigenvalue weighted by atomic mass is 19.2. The number of nitrogens with zero attached hydrogens (tertiary/aromatic N) is 3. The highest BCUT2D eigenvalue weighted by Crippen LogP contribution is 2.41. The second-order valence-electron chi connectivity index (χ2n) is 5.71. The fraction of sp³-hybridized carbons (Fsp3) is 0.250.